The first-order chi connectivity index (χ1) is 15.5. The molecule has 0 amide bonds. The van der Waals surface area contributed by atoms with Crippen molar-refractivity contribution in [2.45, 2.75) is 64.1 Å². The number of piperidine rings is 1. The molecule has 2 aromatic carbocycles. The molecule has 3 aliphatic rings. The lowest BCUT2D eigenvalue weighted by Crippen LogP contribution is -2.59. The first kappa shape index (κ1) is 22.1. The number of nitrogens with one attached hydrogen (secondary N) is 1. The van der Waals surface area contributed by atoms with E-state index in [1.165, 1.54) is 56.0 Å². The molecular formula is C28H38FN3. The second kappa shape index (κ2) is 9.24. The van der Waals surface area contributed by atoms with Gasteiger partial charge in [-0.05, 0) is 78.9 Å². The van der Waals surface area contributed by atoms with Crippen LogP contribution in [0.2, 0.25) is 0 Å². The molecular weight excluding hydrogens is 397 g/mol. The van der Waals surface area contributed by atoms with E-state index in [1.54, 1.807) is 6.07 Å². The summed E-state index contributed by atoms with van der Waals surface area (Å²) >= 11 is 0. The maximum absolute atomic E-state index is 13.8. The highest BCUT2D eigenvalue weighted by molar-refractivity contribution is 5.33. The molecule has 172 valence electrons. The molecule has 3 nitrogen and oxygen atoms in total. The maximum Gasteiger partial charge on any atom is 0.123 e. The Kier molecular flexibility index (Phi) is 6.37. The van der Waals surface area contributed by atoms with E-state index in [-0.39, 0.29) is 5.82 Å². The molecule has 2 aromatic rings. The van der Waals surface area contributed by atoms with Crippen molar-refractivity contribution >= 4 is 0 Å². The lowest BCUT2D eigenvalue weighted by atomic mass is 9.60. The third-order valence-electron chi connectivity index (χ3n) is 8.25. The van der Waals surface area contributed by atoms with Gasteiger partial charge in [0.05, 0.1) is 0 Å². The Hall–Kier alpha value is -1.75. The number of nitrogens with zero attached hydrogens (tertiary/aromatic N) is 2. The number of halogens is 1. The number of rotatable bonds is 5. The topological polar surface area (TPSA) is 18.5 Å². The molecule has 0 aromatic heterocycles. The van der Waals surface area contributed by atoms with Gasteiger partial charge in [-0.15, -0.1) is 0 Å². The first-order valence-corrected chi connectivity index (χ1v) is 12.6. The Morgan fingerprint density at radius 2 is 1.81 bits per heavy atom. The van der Waals surface area contributed by atoms with E-state index in [1.807, 2.05) is 6.07 Å². The minimum atomic E-state index is -0.135. The Bertz CT molecular complexity index is 912. The average molecular weight is 436 g/mol. The molecule has 32 heavy (non-hydrogen) atoms. The van der Waals surface area contributed by atoms with Crippen LogP contribution in [-0.4, -0.2) is 48.6 Å². The molecule has 1 unspecified atom stereocenters. The quantitative estimate of drug-likeness (QED) is 0.684. The van der Waals surface area contributed by atoms with Crippen molar-refractivity contribution in [3.05, 3.63) is 71.0 Å². The first-order valence-electron chi connectivity index (χ1n) is 12.6. The lowest BCUT2D eigenvalue weighted by molar-refractivity contribution is -0.0650. The summed E-state index contributed by atoms with van der Waals surface area (Å²) in [5.74, 6) is 0.383. The van der Waals surface area contributed by atoms with E-state index in [9.17, 15) is 4.39 Å². The van der Waals surface area contributed by atoms with Gasteiger partial charge in [-0.2, -0.15) is 0 Å². The third kappa shape index (κ3) is 4.50. The van der Waals surface area contributed by atoms with E-state index in [4.69, 9.17) is 0 Å². The van der Waals surface area contributed by atoms with Crippen LogP contribution in [0, 0.1) is 11.2 Å². The molecule has 1 saturated carbocycles. The number of piperazine rings is 1. The fraction of sp³-hybridized carbons (Fsp3) is 0.571. The monoisotopic (exact) mass is 435 g/mol. The van der Waals surface area contributed by atoms with Crippen LogP contribution in [0.5, 0.6) is 0 Å². The van der Waals surface area contributed by atoms with Crippen molar-refractivity contribution < 1.29 is 4.39 Å². The average Bonchev–Trinajstić information content (AvgIpc) is 2.78. The van der Waals surface area contributed by atoms with Crippen molar-refractivity contribution in [3.8, 4) is 0 Å². The van der Waals surface area contributed by atoms with Crippen molar-refractivity contribution in [1.82, 2.24) is 15.1 Å². The third-order valence-corrected chi connectivity index (χ3v) is 8.25. The molecule has 1 N–H and O–H groups in total. The highest BCUT2D eigenvalue weighted by Crippen LogP contribution is 2.52. The van der Waals surface area contributed by atoms with Crippen LogP contribution in [0.1, 0.15) is 68.2 Å². The Morgan fingerprint density at radius 1 is 1.03 bits per heavy atom. The molecule has 0 bridgehead atoms. The molecule has 2 saturated heterocycles. The van der Waals surface area contributed by atoms with E-state index in [2.05, 4.69) is 59.3 Å². The van der Waals surface area contributed by atoms with Crippen LogP contribution < -0.4 is 5.32 Å². The molecule has 5 rings (SSSR count). The van der Waals surface area contributed by atoms with E-state index in [0.717, 1.165) is 31.7 Å². The highest BCUT2D eigenvalue weighted by atomic mass is 19.1. The summed E-state index contributed by atoms with van der Waals surface area (Å²) < 4.78 is 13.8. The van der Waals surface area contributed by atoms with Crippen molar-refractivity contribution in [2.24, 2.45) is 5.41 Å². The van der Waals surface area contributed by atoms with Gasteiger partial charge in [0, 0.05) is 38.3 Å². The second-order valence-electron chi connectivity index (χ2n) is 10.7. The summed E-state index contributed by atoms with van der Waals surface area (Å²) in [4.78, 5) is 5.36. The van der Waals surface area contributed by atoms with Gasteiger partial charge in [0.25, 0.3) is 0 Å². The summed E-state index contributed by atoms with van der Waals surface area (Å²) in [6.45, 7) is 11.0. The molecule has 1 aliphatic carbocycles. The molecule has 2 aliphatic heterocycles. The summed E-state index contributed by atoms with van der Waals surface area (Å²) in [5.41, 5.74) is 4.65. The van der Waals surface area contributed by atoms with Crippen molar-refractivity contribution in [1.29, 1.82) is 0 Å². The predicted octanol–water partition coefficient (Wildman–Crippen LogP) is 5.34. The standard InChI is InChI=1S/C28H38FN3/c1-21(2)25-8-3-4-9-26(25)27-20-31(19-22-6-5-7-23(29)16-22)14-15-32(27)24-17-28(18-24)10-12-30-13-11-28/h3-9,16,21,24,27,30H,10-15,17-20H2,1-2H3. The van der Waals surface area contributed by atoms with Crippen LogP contribution >= 0.6 is 0 Å². The lowest BCUT2D eigenvalue weighted by Gasteiger charge is -2.57. The van der Waals surface area contributed by atoms with Gasteiger partial charge in [-0.3, -0.25) is 9.80 Å². The fourth-order valence-corrected chi connectivity index (χ4v) is 6.48. The smallest absolute Gasteiger partial charge is 0.123 e. The molecule has 4 heteroatoms. The molecule has 0 radical (unpaired) electrons. The molecule has 2 heterocycles. The van der Waals surface area contributed by atoms with Crippen LogP contribution in [-0.2, 0) is 6.54 Å². The fourth-order valence-electron chi connectivity index (χ4n) is 6.48. The van der Waals surface area contributed by atoms with Crippen molar-refractivity contribution in [2.75, 3.05) is 32.7 Å². The van der Waals surface area contributed by atoms with Gasteiger partial charge in [0.2, 0.25) is 0 Å². The van der Waals surface area contributed by atoms with Crippen molar-refractivity contribution in [3.63, 3.8) is 0 Å². The van der Waals surface area contributed by atoms with E-state index < -0.39 is 0 Å². The normalized spacial score (nSPS) is 24.7. The molecule has 1 spiro atoms. The zero-order chi connectivity index (χ0) is 22.1. The second-order valence-corrected chi connectivity index (χ2v) is 10.7. The zero-order valence-corrected chi connectivity index (χ0v) is 19.7. The number of benzene rings is 2. The minimum absolute atomic E-state index is 0.135. The Morgan fingerprint density at radius 3 is 2.56 bits per heavy atom. The summed E-state index contributed by atoms with van der Waals surface area (Å²) in [7, 11) is 0. The van der Waals surface area contributed by atoms with Gasteiger partial charge < -0.3 is 5.32 Å². The number of hydrogen-bond acceptors (Lipinski definition) is 3. The van der Waals surface area contributed by atoms with E-state index >= 15 is 0 Å². The maximum atomic E-state index is 13.8. The van der Waals surface area contributed by atoms with Crippen LogP contribution in [0.4, 0.5) is 4.39 Å². The van der Waals surface area contributed by atoms with Gasteiger partial charge in [0.1, 0.15) is 5.82 Å². The van der Waals surface area contributed by atoms with Gasteiger partial charge >= 0.3 is 0 Å². The minimum Gasteiger partial charge on any atom is -0.317 e. The van der Waals surface area contributed by atoms with Crippen LogP contribution in [0.3, 0.4) is 0 Å². The van der Waals surface area contributed by atoms with Gasteiger partial charge in [0.15, 0.2) is 0 Å². The predicted molar refractivity (Wildman–Crippen MR) is 129 cm³/mol. The van der Waals surface area contributed by atoms with Crippen LogP contribution in [0.15, 0.2) is 48.5 Å². The SMILES string of the molecule is CC(C)c1ccccc1C1CN(Cc2cccc(F)c2)CCN1C1CC2(CCNCC2)C1. The van der Waals surface area contributed by atoms with Crippen LogP contribution in [0.25, 0.3) is 0 Å². The summed E-state index contributed by atoms with van der Waals surface area (Å²) in [6, 6.07) is 17.3. The van der Waals surface area contributed by atoms with Gasteiger partial charge in [-0.1, -0.05) is 50.2 Å². The highest BCUT2D eigenvalue weighted by Gasteiger charge is 2.49. The Balaban J connectivity index is 1.37. The number of hydrogen-bond donors (Lipinski definition) is 1. The molecule has 1 atom stereocenters. The molecule has 3 fully saturated rings. The largest absolute Gasteiger partial charge is 0.317 e. The zero-order valence-electron chi connectivity index (χ0n) is 19.7. The Labute approximate surface area is 193 Å². The summed E-state index contributed by atoms with van der Waals surface area (Å²) in [6.07, 6.45) is 5.41. The van der Waals surface area contributed by atoms with Gasteiger partial charge in [-0.25, -0.2) is 4.39 Å². The summed E-state index contributed by atoms with van der Waals surface area (Å²) in [5, 5.41) is 3.54. The van der Waals surface area contributed by atoms with E-state index in [0.29, 0.717) is 23.4 Å².